The third-order valence-electron chi connectivity index (χ3n) is 7.50. The Hall–Kier alpha value is -3.21. The van der Waals surface area contributed by atoms with Crippen molar-refractivity contribution in [3.63, 3.8) is 0 Å². The van der Waals surface area contributed by atoms with E-state index in [1.165, 1.54) is 0 Å². The molecule has 0 bridgehead atoms. The van der Waals surface area contributed by atoms with Crippen molar-refractivity contribution in [3.8, 4) is 11.4 Å². The van der Waals surface area contributed by atoms with Crippen LogP contribution in [0, 0.1) is 0 Å². The molecule has 1 aliphatic heterocycles. The first-order valence-corrected chi connectivity index (χ1v) is 15.0. The zero-order valence-electron chi connectivity index (χ0n) is 21.6. The SMILES string of the molecule is C[C@H]1COCCN1c1cc(C2(S(=O)(=O)c3ccccc3Cl)CC2)nc(-c2ccc(NC(=O)NC3CC3)cc2)n1. The number of carbonyl (C=O) groups is 1. The third-order valence-corrected chi connectivity index (χ3v) is 10.5. The van der Waals surface area contributed by atoms with Gasteiger partial charge in [0.05, 0.1) is 34.9 Å². The molecule has 39 heavy (non-hydrogen) atoms. The number of ether oxygens (including phenoxy) is 1. The quantitative estimate of drug-likeness (QED) is 0.423. The highest BCUT2D eigenvalue weighted by atomic mass is 35.5. The van der Waals surface area contributed by atoms with Crippen LogP contribution in [0.25, 0.3) is 11.4 Å². The molecule has 2 N–H and O–H groups in total. The van der Waals surface area contributed by atoms with Crippen LogP contribution in [0.15, 0.2) is 59.5 Å². The number of urea groups is 1. The predicted molar refractivity (Wildman–Crippen MR) is 150 cm³/mol. The van der Waals surface area contributed by atoms with Crippen molar-refractivity contribution in [1.29, 1.82) is 0 Å². The van der Waals surface area contributed by atoms with Crippen LogP contribution in [-0.2, 0) is 19.3 Å². The Balaban J connectivity index is 1.38. The zero-order valence-corrected chi connectivity index (χ0v) is 23.1. The van der Waals surface area contributed by atoms with Crippen molar-refractivity contribution in [2.75, 3.05) is 30.0 Å². The molecule has 0 spiro atoms. The van der Waals surface area contributed by atoms with Gasteiger partial charge in [-0.25, -0.2) is 23.2 Å². The Morgan fingerprint density at radius 3 is 2.51 bits per heavy atom. The highest BCUT2D eigenvalue weighted by Gasteiger charge is 2.58. The van der Waals surface area contributed by atoms with Crippen molar-refractivity contribution in [2.24, 2.45) is 0 Å². The summed E-state index contributed by atoms with van der Waals surface area (Å²) in [6, 6.07) is 15.7. The Bertz CT molecular complexity index is 1510. The second kappa shape index (κ2) is 10.1. The summed E-state index contributed by atoms with van der Waals surface area (Å²) in [4.78, 5) is 24.1. The average molecular weight is 568 g/mol. The topological polar surface area (TPSA) is 114 Å². The Morgan fingerprint density at radius 2 is 1.85 bits per heavy atom. The Kier molecular flexibility index (Phi) is 6.73. The minimum absolute atomic E-state index is 0.0706. The van der Waals surface area contributed by atoms with E-state index in [1.54, 1.807) is 36.4 Å². The number of carbonyl (C=O) groups excluding carboxylic acids is 1. The Labute approximate surface area is 232 Å². The zero-order chi connectivity index (χ0) is 27.2. The van der Waals surface area contributed by atoms with Gasteiger partial charge in [-0.2, -0.15) is 0 Å². The van der Waals surface area contributed by atoms with E-state index in [-0.39, 0.29) is 28.0 Å². The number of morpholine rings is 1. The molecule has 2 amide bonds. The molecular formula is C28H30ClN5O4S. The molecule has 1 saturated heterocycles. The highest BCUT2D eigenvalue weighted by Crippen LogP contribution is 2.56. The van der Waals surface area contributed by atoms with Gasteiger partial charge in [0.2, 0.25) is 0 Å². The number of sulfone groups is 1. The van der Waals surface area contributed by atoms with Gasteiger partial charge in [-0.3, -0.25) is 0 Å². The lowest BCUT2D eigenvalue weighted by Crippen LogP contribution is -2.44. The molecule has 11 heteroatoms. The lowest BCUT2D eigenvalue weighted by Gasteiger charge is -2.34. The van der Waals surface area contributed by atoms with Crippen LogP contribution in [0.3, 0.4) is 0 Å². The molecule has 0 radical (unpaired) electrons. The fourth-order valence-corrected chi connectivity index (χ4v) is 7.41. The number of amides is 2. The standard InChI is InChI=1S/C28H30ClN5O4S/c1-18-17-38-15-14-34(18)25-16-24(28(12-13-28)39(36,37)23-5-3-2-4-22(23)29)32-26(33-25)19-6-8-20(9-7-19)30-27(35)31-21-10-11-21/h2-9,16,18,21H,10-15,17H2,1H3,(H2,30,31,35)/t18-/m0/s1. The van der Waals surface area contributed by atoms with Crippen LogP contribution in [-0.4, -0.2) is 56.3 Å². The fraction of sp³-hybridized carbons (Fsp3) is 0.393. The molecule has 3 fully saturated rings. The van der Waals surface area contributed by atoms with Crippen LogP contribution in [0.1, 0.15) is 38.3 Å². The average Bonchev–Trinajstić information content (AvgIpc) is 3.85. The summed E-state index contributed by atoms with van der Waals surface area (Å²) in [5.41, 5.74) is 1.83. The van der Waals surface area contributed by atoms with Gasteiger partial charge < -0.3 is 20.3 Å². The van der Waals surface area contributed by atoms with Crippen molar-refractivity contribution >= 4 is 39.0 Å². The maximum atomic E-state index is 13.9. The number of hydrogen-bond acceptors (Lipinski definition) is 7. The van der Waals surface area contributed by atoms with Crippen LogP contribution in [0.4, 0.5) is 16.3 Å². The minimum atomic E-state index is -3.82. The first kappa shape index (κ1) is 26.0. The highest BCUT2D eigenvalue weighted by molar-refractivity contribution is 7.92. The van der Waals surface area contributed by atoms with Gasteiger partial charge in [0.1, 0.15) is 10.6 Å². The maximum absolute atomic E-state index is 13.9. The number of anilines is 2. The van der Waals surface area contributed by atoms with E-state index in [0.29, 0.717) is 55.6 Å². The summed E-state index contributed by atoms with van der Waals surface area (Å²) in [5, 5.41) is 5.95. The van der Waals surface area contributed by atoms with Gasteiger partial charge in [0, 0.05) is 29.9 Å². The second-order valence-corrected chi connectivity index (χ2v) is 13.1. The molecule has 0 unspecified atom stereocenters. The number of hydrogen-bond donors (Lipinski definition) is 2. The molecule has 3 aliphatic rings. The summed E-state index contributed by atoms with van der Waals surface area (Å²) in [6.07, 6.45) is 2.93. The summed E-state index contributed by atoms with van der Waals surface area (Å²) < 4.78 is 32.3. The molecule has 1 aromatic heterocycles. The molecule has 2 saturated carbocycles. The van der Waals surface area contributed by atoms with E-state index < -0.39 is 14.6 Å². The van der Waals surface area contributed by atoms with Crippen LogP contribution in [0.2, 0.25) is 5.02 Å². The van der Waals surface area contributed by atoms with E-state index >= 15 is 0 Å². The monoisotopic (exact) mass is 567 g/mol. The van der Waals surface area contributed by atoms with E-state index in [0.717, 1.165) is 18.4 Å². The lowest BCUT2D eigenvalue weighted by atomic mass is 10.1. The van der Waals surface area contributed by atoms with E-state index in [2.05, 4.69) is 22.5 Å². The van der Waals surface area contributed by atoms with Gasteiger partial charge in [-0.15, -0.1) is 0 Å². The number of benzene rings is 2. The van der Waals surface area contributed by atoms with Gasteiger partial charge in [-0.05, 0) is 69.0 Å². The summed E-state index contributed by atoms with van der Waals surface area (Å²) in [6.45, 7) is 3.81. The molecular weight excluding hydrogens is 538 g/mol. The predicted octanol–water partition coefficient (Wildman–Crippen LogP) is 4.77. The van der Waals surface area contributed by atoms with Crippen molar-refractivity contribution in [3.05, 3.63) is 65.3 Å². The third kappa shape index (κ3) is 5.08. The van der Waals surface area contributed by atoms with Crippen molar-refractivity contribution in [2.45, 2.75) is 54.3 Å². The van der Waals surface area contributed by atoms with Crippen LogP contribution in [0.5, 0.6) is 0 Å². The van der Waals surface area contributed by atoms with Crippen LogP contribution < -0.4 is 15.5 Å². The molecule has 2 aliphatic carbocycles. The first-order valence-electron chi connectivity index (χ1n) is 13.2. The normalized spacial score (nSPS) is 20.4. The van der Waals surface area contributed by atoms with Gasteiger partial charge in [-0.1, -0.05) is 23.7 Å². The van der Waals surface area contributed by atoms with E-state index in [9.17, 15) is 13.2 Å². The largest absolute Gasteiger partial charge is 0.377 e. The minimum Gasteiger partial charge on any atom is -0.377 e. The second-order valence-electron chi connectivity index (χ2n) is 10.4. The van der Waals surface area contributed by atoms with Crippen LogP contribution >= 0.6 is 11.6 Å². The summed E-state index contributed by atoms with van der Waals surface area (Å²) >= 11 is 6.34. The number of nitrogens with one attached hydrogen (secondary N) is 2. The first-order chi connectivity index (χ1) is 18.8. The summed E-state index contributed by atoms with van der Waals surface area (Å²) in [7, 11) is -3.82. The molecule has 9 nitrogen and oxygen atoms in total. The van der Waals surface area contributed by atoms with Crippen molar-refractivity contribution < 1.29 is 17.9 Å². The lowest BCUT2D eigenvalue weighted by molar-refractivity contribution is 0.0985. The number of nitrogens with zero attached hydrogens (tertiary/aromatic N) is 3. The molecule has 2 aromatic carbocycles. The number of aromatic nitrogens is 2. The molecule has 204 valence electrons. The fourth-order valence-electron chi connectivity index (χ4n) is 4.94. The Morgan fingerprint density at radius 1 is 1.10 bits per heavy atom. The molecule has 6 rings (SSSR count). The summed E-state index contributed by atoms with van der Waals surface area (Å²) in [5.74, 6) is 1.09. The van der Waals surface area contributed by atoms with Gasteiger partial charge in [0.25, 0.3) is 0 Å². The van der Waals surface area contributed by atoms with Gasteiger partial charge in [0.15, 0.2) is 15.7 Å². The number of halogens is 1. The maximum Gasteiger partial charge on any atom is 0.319 e. The molecule has 2 heterocycles. The molecule has 3 aromatic rings. The number of rotatable bonds is 7. The van der Waals surface area contributed by atoms with E-state index in [1.807, 2.05) is 18.2 Å². The van der Waals surface area contributed by atoms with Crippen molar-refractivity contribution in [1.82, 2.24) is 15.3 Å². The smallest absolute Gasteiger partial charge is 0.319 e. The molecule has 1 atom stereocenters. The van der Waals surface area contributed by atoms with Gasteiger partial charge >= 0.3 is 6.03 Å². The van der Waals surface area contributed by atoms with E-state index in [4.69, 9.17) is 26.3 Å².